The number of hydrogen-bond donors (Lipinski definition) is 2. The molecule has 6 aromatic carbocycles. The molecule has 7 rings (SSSR count). The summed E-state index contributed by atoms with van der Waals surface area (Å²) in [4.78, 5) is 44.8. The number of amides is 2. The fourth-order valence-corrected chi connectivity index (χ4v) is 8.88. The zero-order chi connectivity index (χ0) is 63.2. The lowest BCUT2D eigenvalue weighted by Crippen LogP contribution is -2.21. The number of anilines is 1. The van der Waals surface area contributed by atoms with Gasteiger partial charge in [-0.25, -0.2) is 4.79 Å². The molecular formula is C75H102N2O9. The average Bonchev–Trinajstić information content (AvgIpc) is 3.71. The summed E-state index contributed by atoms with van der Waals surface area (Å²) in [5.41, 5.74) is 7.29. The maximum Gasteiger partial charge on any atom is 0.412 e. The summed E-state index contributed by atoms with van der Waals surface area (Å²) in [7, 11) is 1.54. The lowest BCUT2D eigenvalue weighted by atomic mass is 9.88. The number of nitrogens with one attached hydrogen (secondary N) is 2. The number of carbonyl (C=O) groups excluding carboxylic acids is 4. The lowest BCUT2D eigenvalue weighted by Gasteiger charge is -2.23. The minimum absolute atomic E-state index is 0.0115. The van der Waals surface area contributed by atoms with E-state index in [9.17, 15) is 19.2 Å². The van der Waals surface area contributed by atoms with Crippen LogP contribution < -0.4 is 34.3 Å². The lowest BCUT2D eigenvalue weighted by molar-refractivity contribution is -0.134. The summed E-state index contributed by atoms with van der Waals surface area (Å²) in [6, 6.07) is 48.9. The molecule has 0 bridgehead atoms. The fraction of sp³-hybridized carbons (Fsp3) is 0.440. The summed E-state index contributed by atoms with van der Waals surface area (Å²) in [6.07, 6.45) is 14.1. The zero-order valence-electron chi connectivity index (χ0n) is 54.2. The molecule has 0 radical (unpaired) electrons. The van der Waals surface area contributed by atoms with E-state index in [0.717, 1.165) is 55.7 Å². The van der Waals surface area contributed by atoms with Crippen LogP contribution in [0.2, 0.25) is 0 Å². The smallest absolute Gasteiger partial charge is 0.412 e. The van der Waals surface area contributed by atoms with Crippen LogP contribution in [-0.2, 0) is 14.4 Å². The van der Waals surface area contributed by atoms with Crippen LogP contribution >= 0.6 is 0 Å². The highest BCUT2D eigenvalue weighted by molar-refractivity contribution is 5.91. The van der Waals surface area contributed by atoms with Crippen molar-refractivity contribution in [1.29, 1.82) is 0 Å². The fourth-order valence-electron chi connectivity index (χ4n) is 8.88. The van der Waals surface area contributed by atoms with Crippen molar-refractivity contribution < 1.29 is 42.9 Å². The highest BCUT2D eigenvalue weighted by atomic mass is 16.6. The minimum Gasteiger partial charge on any atom is -0.484 e. The molecule has 86 heavy (non-hydrogen) atoms. The van der Waals surface area contributed by atoms with Crippen molar-refractivity contribution >= 4 is 29.6 Å². The highest BCUT2D eigenvalue weighted by Gasteiger charge is 2.18. The molecule has 11 nitrogen and oxygen atoms in total. The van der Waals surface area contributed by atoms with Gasteiger partial charge in [0.2, 0.25) is 0 Å². The van der Waals surface area contributed by atoms with Crippen molar-refractivity contribution in [2.75, 3.05) is 19.0 Å². The minimum atomic E-state index is -0.439. The van der Waals surface area contributed by atoms with E-state index < -0.39 is 6.09 Å². The third-order valence-electron chi connectivity index (χ3n) is 15.7. The number of ether oxygens (including phenoxy) is 5. The maximum atomic E-state index is 11.8. The van der Waals surface area contributed by atoms with Crippen LogP contribution in [0, 0.1) is 5.92 Å². The summed E-state index contributed by atoms with van der Waals surface area (Å²) in [5, 5.41) is 5.19. The first kappa shape index (κ1) is 72.6. The van der Waals surface area contributed by atoms with Crippen molar-refractivity contribution in [3.05, 3.63) is 192 Å². The molecule has 466 valence electrons. The van der Waals surface area contributed by atoms with Gasteiger partial charge < -0.3 is 34.3 Å². The van der Waals surface area contributed by atoms with Gasteiger partial charge in [0.05, 0.1) is 5.76 Å². The Balaban J connectivity index is 0.000000284. The van der Waals surface area contributed by atoms with Gasteiger partial charge >= 0.3 is 18.0 Å². The Bertz CT molecular complexity index is 2830. The Morgan fingerprint density at radius 3 is 1.20 bits per heavy atom. The normalized spacial score (nSPS) is 13.3. The largest absolute Gasteiger partial charge is 0.484 e. The number of rotatable bonds is 23. The quantitative estimate of drug-likeness (QED) is 0.0365. The predicted octanol–water partition coefficient (Wildman–Crippen LogP) is 20.2. The first-order valence-electron chi connectivity index (χ1n) is 31.5. The Labute approximate surface area is 517 Å². The van der Waals surface area contributed by atoms with E-state index in [2.05, 4.69) is 130 Å². The highest BCUT2D eigenvalue weighted by Crippen LogP contribution is 2.32. The molecule has 0 heterocycles. The van der Waals surface area contributed by atoms with Crippen molar-refractivity contribution in [1.82, 2.24) is 5.32 Å². The van der Waals surface area contributed by atoms with Gasteiger partial charge in [-0.1, -0.05) is 187 Å². The summed E-state index contributed by atoms with van der Waals surface area (Å²) >= 11 is 0. The van der Waals surface area contributed by atoms with Crippen molar-refractivity contribution in [2.45, 2.75) is 196 Å². The Hall–Kier alpha value is -7.66. The molecule has 2 amide bonds. The second-order valence-corrected chi connectivity index (χ2v) is 22.3. The SMILES string of the molecule is C=C(Oc1ccc(C(C)CC)cc1)C1CCCCC1.CCC(C)c1ccc(OC(=O)NC)cc1.CCC(C)c1ccc(OC(C)=O)cc1.CCC(C)c1ccc(OCC(=O)Nc2ccccc2)cc1.CCCCC(=O)Oc1ccc(C(C)CC)cc1. The topological polar surface area (TPSA) is 138 Å². The van der Waals surface area contributed by atoms with Gasteiger partial charge in [0.15, 0.2) is 6.61 Å². The van der Waals surface area contributed by atoms with Gasteiger partial charge in [-0.2, -0.15) is 0 Å². The van der Waals surface area contributed by atoms with Crippen molar-refractivity contribution in [3.63, 3.8) is 0 Å². The van der Waals surface area contributed by atoms with Crippen LogP contribution in [0.15, 0.2) is 164 Å². The zero-order valence-corrected chi connectivity index (χ0v) is 54.2. The number of esters is 2. The number of para-hydroxylation sites is 1. The van der Waals surface area contributed by atoms with Crippen LogP contribution in [0.3, 0.4) is 0 Å². The molecule has 0 aliphatic heterocycles. The number of allylic oxidation sites excluding steroid dienone is 1. The second-order valence-electron chi connectivity index (χ2n) is 22.3. The van der Waals surface area contributed by atoms with Crippen LogP contribution in [0.5, 0.6) is 28.7 Å². The van der Waals surface area contributed by atoms with Gasteiger partial charge in [-0.05, 0) is 182 Å². The molecule has 0 aromatic heterocycles. The van der Waals surface area contributed by atoms with Gasteiger partial charge in [0.1, 0.15) is 28.7 Å². The molecular weight excluding hydrogens is 1070 g/mol. The van der Waals surface area contributed by atoms with Crippen LogP contribution in [-0.4, -0.2) is 37.6 Å². The third kappa shape index (κ3) is 28.5. The Morgan fingerprint density at radius 1 is 0.477 bits per heavy atom. The molecule has 1 saturated carbocycles. The van der Waals surface area contributed by atoms with Gasteiger partial charge in [-0.15, -0.1) is 0 Å². The van der Waals surface area contributed by atoms with Crippen LogP contribution in [0.25, 0.3) is 0 Å². The summed E-state index contributed by atoms with van der Waals surface area (Å²) in [6.45, 7) is 29.5. The van der Waals surface area contributed by atoms with E-state index in [1.165, 1.54) is 80.3 Å². The molecule has 0 spiro atoms. The molecule has 5 unspecified atom stereocenters. The molecule has 2 N–H and O–H groups in total. The molecule has 0 saturated heterocycles. The molecule has 1 aliphatic rings. The molecule has 1 fully saturated rings. The Morgan fingerprint density at radius 2 is 0.837 bits per heavy atom. The first-order valence-corrected chi connectivity index (χ1v) is 31.5. The van der Waals surface area contributed by atoms with Crippen LogP contribution in [0.4, 0.5) is 10.5 Å². The maximum absolute atomic E-state index is 11.8. The van der Waals surface area contributed by atoms with E-state index in [4.69, 9.17) is 23.7 Å². The molecule has 6 aromatic rings. The van der Waals surface area contributed by atoms with E-state index >= 15 is 0 Å². The Kier molecular flexibility index (Phi) is 34.9. The molecule has 5 atom stereocenters. The van der Waals surface area contributed by atoms with Crippen LogP contribution in [0.1, 0.15) is 224 Å². The van der Waals surface area contributed by atoms with Crippen molar-refractivity contribution in [3.8, 4) is 28.7 Å². The third-order valence-corrected chi connectivity index (χ3v) is 15.7. The van der Waals surface area contributed by atoms with E-state index in [0.29, 0.717) is 64.9 Å². The second kappa shape index (κ2) is 41.4. The number of unbranched alkanes of at least 4 members (excludes halogenated alkanes) is 1. The van der Waals surface area contributed by atoms with Crippen molar-refractivity contribution in [2.24, 2.45) is 5.92 Å². The van der Waals surface area contributed by atoms with E-state index in [-0.39, 0.29) is 24.5 Å². The van der Waals surface area contributed by atoms with E-state index in [1.54, 1.807) is 0 Å². The monoisotopic (exact) mass is 1170 g/mol. The van der Waals surface area contributed by atoms with E-state index in [1.807, 2.05) is 115 Å². The summed E-state index contributed by atoms with van der Waals surface area (Å²) < 4.78 is 26.6. The molecule has 11 heteroatoms. The summed E-state index contributed by atoms with van der Waals surface area (Å²) in [5.74, 6) is 7.24. The number of benzene rings is 6. The number of carbonyl (C=O) groups is 4. The first-order chi connectivity index (χ1) is 41.4. The molecule has 1 aliphatic carbocycles. The van der Waals surface area contributed by atoms with Gasteiger partial charge in [-0.3, -0.25) is 14.4 Å². The standard InChI is InChI=1S/C18H21NO2.C18H26O.C15H22O2.C12H17NO2.C12H16O2/c1-3-14(2)15-9-11-17(12-10-15)21-13-18(20)19-16-7-5-4-6-8-16;1-4-14(2)16-10-12-18(13-11-16)19-15(3)17-8-6-5-7-9-17;1-4-6-7-15(16)17-14-10-8-13(9-11-14)12(3)5-2;1-4-9(2)10-5-7-11(8-6-10)15-12(14)13-3;1-4-9(2)11-5-7-12(8-6-11)14-10(3)13/h4-12,14H,3,13H2,1-2H3,(H,19,20);10-14,17H,3-9H2,1-2H3;8-12H,4-7H2,1-3H3;5-9H,4H2,1-3H3,(H,13,14);5-9H,4H2,1-3H3. The van der Waals surface area contributed by atoms with Gasteiger partial charge in [0, 0.05) is 32.0 Å². The average molecular weight is 1180 g/mol. The predicted molar refractivity (Wildman–Crippen MR) is 354 cm³/mol. The number of hydrogen-bond acceptors (Lipinski definition) is 9. The van der Waals surface area contributed by atoms with Gasteiger partial charge in [0.25, 0.3) is 5.91 Å².